The largest absolute Gasteiger partial charge is 0.508 e. The Morgan fingerprint density at radius 2 is 1.79 bits per heavy atom. The lowest BCUT2D eigenvalue weighted by Crippen LogP contribution is -2.23. The van der Waals surface area contributed by atoms with Crippen LogP contribution in [0.15, 0.2) is 24.3 Å². The van der Waals surface area contributed by atoms with E-state index in [0.29, 0.717) is 24.8 Å². The minimum atomic E-state index is 0.356. The maximum atomic E-state index is 9.51. The molecule has 0 saturated heterocycles. The molecule has 0 heterocycles. The lowest BCUT2D eigenvalue weighted by molar-refractivity contribution is 0.457. The quantitative estimate of drug-likeness (QED) is 0.651. The van der Waals surface area contributed by atoms with Gasteiger partial charge in [0.05, 0.1) is 0 Å². The van der Waals surface area contributed by atoms with Crippen LogP contribution in [0.3, 0.4) is 0 Å². The number of aromatic hydroxyl groups is 1. The van der Waals surface area contributed by atoms with Crippen LogP contribution in [0.2, 0.25) is 0 Å². The zero-order valence-electron chi connectivity index (χ0n) is 8.32. The van der Waals surface area contributed by atoms with Crippen molar-refractivity contribution < 1.29 is 5.11 Å². The SMILES string of the molecule is NCC(CN)CCc1ccccc1O. The van der Waals surface area contributed by atoms with Gasteiger partial charge in [-0.05, 0) is 43.5 Å². The minimum absolute atomic E-state index is 0.356. The van der Waals surface area contributed by atoms with Crippen molar-refractivity contribution in [2.24, 2.45) is 17.4 Å². The summed E-state index contributed by atoms with van der Waals surface area (Å²) in [7, 11) is 0. The van der Waals surface area contributed by atoms with Gasteiger partial charge in [0.15, 0.2) is 0 Å². The lowest BCUT2D eigenvalue weighted by atomic mass is 9.99. The molecule has 1 rings (SSSR count). The van der Waals surface area contributed by atoms with Gasteiger partial charge >= 0.3 is 0 Å². The molecule has 0 unspecified atom stereocenters. The fourth-order valence-electron chi connectivity index (χ4n) is 1.41. The van der Waals surface area contributed by atoms with E-state index < -0.39 is 0 Å². The predicted molar refractivity (Wildman–Crippen MR) is 58.0 cm³/mol. The number of hydrogen-bond acceptors (Lipinski definition) is 3. The molecule has 1 aromatic carbocycles. The highest BCUT2D eigenvalue weighted by atomic mass is 16.3. The average Bonchev–Trinajstić information content (AvgIpc) is 2.22. The summed E-state index contributed by atoms with van der Waals surface area (Å²) in [6.45, 7) is 1.23. The maximum Gasteiger partial charge on any atom is 0.118 e. The summed E-state index contributed by atoms with van der Waals surface area (Å²) in [5.74, 6) is 0.717. The van der Waals surface area contributed by atoms with E-state index in [1.807, 2.05) is 18.2 Å². The summed E-state index contributed by atoms with van der Waals surface area (Å²) in [4.78, 5) is 0. The molecule has 1 aromatic rings. The van der Waals surface area contributed by atoms with Crippen LogP contribution < -0.4 is 11.5 Å². The third-order valence-corrected chi connectivity index (χ3v) is 2.48. The molecule has 3 nitrogen and oxygen atoms in total. The standard InChI is InChI=1S/C11H18N2O/c12-7-9(8-13)5-6-10-3-1-2-4-11(10)14/h1-4,9,14H,5-8,12-13H2. The second-order valence-corrected chi connectivity index (χ2v) is 3.50. The van der Waals surface area contributed by atoms with Gasteiger partial charge in [-0.25, -0.2) is 0 Å². The summed E-state index contributed by atoms with van der Waals surface area (Å²) >= 11 is 0. The molecule has 78 valence electrons. The first kappa shape index (κ1) is 11.0. The third kappa shape index (κ3) is 3.01. The molecule has 0 fully saturated rings. The Kier molecular flexibility index (Phi) is 4.43. The monoisotopic (exact) mass is 194 g/mol. The van der Waals surface area contributed by atoms with E-state index in [0.717, 1.165) is 18.4 Å². The third-order valence-electron chi connectivity index (χ3n) is 2.48. The van der Waals surface area contributed by atoms with E-state index in [9.17, 15) is 5.11 Å². The first-order chi connectivity index (χ1) is 6.77. The Balaban J connectivity index is 2.49. The molecule has 0 aliphatic heterocycles. The molecule has 0 aliphatic carbocycles. The van der Waals surface area contributed by atoms with Gasteiger partial charge in [-0.1, -0.05) is 18.2 Å². The number of phenolic OH excluding ortho intramolecular Hbond substituents is 1. The highest BCUT2D eigenvalue weighted by Gasteiger charge is 2.06. The predicted octanol–water partition coefficient (Wildman–Crippen LogP) is 0.858. The van der Waals surface area contributed by atoms with Crippen LogP contribution in [0.25, 0.3) is 0 Å². The van der Waals surface area contributed by atoms with E-state index in [1.54, 1.807) is 6.07 Å². The second-order valence-electron chi connectivity index (χ2n) is 3.50. The molecule has 0 amide bonds. The van der Waals surface area contributed by atoms with Crippen LogP contribution in [0.4, 0.5) is 0 Å². The Morgan fingerprint density at radius 1 is 1.14 bits per heavy atom. The number of para-hydroxylation sites is 1. The first-order valence-electron chi connectivity index (χ1n) is 4.95. The van der Waals surface area contributed by atoms with Gasteiger partial charge < -0.3 is 16.6 Å². The van der Waals surface area contributed by atoms with Crippen molar-refractivity contribution in [2.75, 3.05) is 13.1 Å². The van der Waals surface area contributed by atoms with Crippen molar-refractivity contribution in [2.45, 2.75) is 12.8 Å². The second kappa shape index (κ2) is 5.62. The molecule has 5 N–H and O–H groups in total. The Morgan fingerprint density at radius 3 is 2.36 bits per heavy atom. The molecule has 0 atom stereocenters. The van der Waals surface area contributed by atoms with E-state index in [2.05, 4.69) is 0 Å². The van der Waals surface area contributed by atoms with Crippen LogP contribution in [-0.4, -0.2) is 18.2 Å². The summed E-state index contributed by atoms with van der Waals surface area (Å²) in [6, 6.07) is 7.38. The minimum Gasteiger partial charge on any atom is -0.508 e. The number of aryl methyl sites for hydroxylation is 1. The Bertz CT molecular complexity index is 272. The first-order valence-corrected chi connectivity index (χ1v) is 4.95. The van der Waals surface area contributed by atoms with Crippen molar-refractivity contribution in [3.63, 3.8) is 0 Å². The van der Waals surface area contributed by atoms with Crippen molar-refractivity contribution >= 4 is 0 Å². The highest BCUT2D eigenvalue weighted by Crippen LogP contribution is 2.18. The van der Waals surface area contributed by atoms with Gasteiger partial charge in [0, 0.05) is 0 Å². The van der Waals surface area contributed by atoms with Crippen LogP contribution in [-0.2, 0) is 6.42 Å². The molecule has 0 radical (unpaired) electrons. The summed E-state index contributed by atoms with van der Waals surface area (Å²) in [5, 5.41) is 9.51. The topological polar surface area (TPSA) is 72.3 Å². The number of benzene rings is 1. The molecule has 0 spiro atoms. The van der Waals surface area contributed by atoms with Crippen molar-refractivity contribution in [1.29, 1.82) is 0 Å². The van der Waals surface area contributed by atoms with E-state index in [-0.39, 0.29) is 0 Å². The van der Waals surface area contributed by atoms with Crippen LogP contribution in [0.5, 0.6) is 5.75 Å². The smallest absolute Gasteiger partial charge is 0.118 e. The van der Waals surface area contributed by atoms with Crippen LogP contribution >= 0.6 is 0 Å². The van der Waals surface area contributed by atoms with Gasteiger partial charge in [-0.2, -0.15) is 0 Å². The van der Waals surface area contributed by atoms with E-state index in [1.165, 1.54) is 0 Å². The number of hydrogen-bond donors (Lipinski definition) is 3. The zero-order valence-corrected chi connectivity index (χ0v) is 8.32. The van der Waals surface area contributed by atoms with E-state index >= 15 is 0 Å². The summed E-state index contributed by atoms with van der Waals surface area (Å²) in [6.07, 6.45) is 1.77. The van der Waals surface area contributed by atoms with Gasteiger partial charge in [0.2, 0.25) is 0 Å². The van der Waals surface area contributed by atoms with Gasteiger partial charge in [-0.3, -0.25) is 0 Å². The molecule has 0 aliphatic rings. The molecular weight excluding hydrogens is 176 g/mol. The maximum absolute atomic E-state index is 9.51. The highest BCUT2D eigenvalue weighted by molar-refractivity contribution is 5.31. The number of rotatable bonds is 5. The van der Waals surface area contributed by atoms with Crippen LogP contribution in [0.1, 0.15) is 12.0 Å². The molecule has 0 bridgehead atoms. The fourth-order valence-corrected chi connectivity index (χ4v) is 1.41. The van der Waals surface area contributed by atoms with Crippen molar-refractivity contribution in [3.8, 4) is 5.75 Å². The van der Waals surface area contributed by atoms with Crippen molar-refractivity contribution in [3.05, 3.63) is 29.8 Å². The summed E-state index contributed by atoms with van der Waals surface area (Å²) < 4.78 is 0. The fraction of sp³-hybridized carbons (Fsp3) is 0.455. The molecule has 3 heteroatoms. The Labute approximate surface area is 84.7 Å². The Hall–Kier alpha value is -1.06. The van der Waals surface area contributed by atoms with Gasteiger partial charge in [0.1, 0.15) is 5.75 Å². The van der Waals surface area contributed by atoms with E-state index in [4.69, 9.17) is 11.5 Å². The normalized spacial score (nSPS) is 10.8. The lowest BCUT2D eigenvalue weighted by Gasteiger charge is -2.11. The number of phenols is 1. The molecule has 0 aromatic heterocycles. The van der Waals surface area contributed by atoms with Gasteiger partial charge in [-0.15, -0.1) is 0 Å². The van der Waals surface area contributed by atoms with Gasteiger partial charge in [0.25, 0.3) is 0 Å². The molecular formula is C11H18N2O. The molecule has 14 heavy (non-hydrogen) atoms. The van der Waals surface area contributed by atoms with Crippen molar-refractivity contribution in [1.82, 2.24) is 0 Å². The number of nitrogens with two attached hydrogens (primary N) is 2. The van der Waals surface area contributed by atoms with Crippen LogP contribution in [0, 0.1) is 5.92 Å². The zero-order chi connectivity index (χ0) is 10.4. The average molecular weight is 194 g/mol. The molecule has 0 saturated carbocycles. The summed E-state index contributed by atoms with van der Waals surface area (Å²) in [5.41, 5.74) is 12.1.